The smallest absolute Gasteiger partial charge is 0.342 e. The first-order valence-electron chi connectivity index (χ1n) is 11.5. The van der Waals surface area contributed by atoms with Crippen LogP contribution in [0.5, 0.6) is 0 Å². The van der Waals surface area contributed by atoms with E-state index in [9.17, 15) is 14.0 Å². The average molecular weight is 437 g/mol. The van der Waals surface area contributed by atoms with Crippen LogP contribution >= 0.6 is 0 Å². The first kappa shape index (κ1) is 19.3. The summed E-state index contributed by atoms with van der Waals surface area (Å²) in [6.45, 7) is 6.09. The van der Waals surface area contributed by atoms with E-state index in [1.807, 2.05) is 24.3 Å². The Morgan fingerprint density at radius 3 is 2.62 bits per heavy atom. The van der Waals surface area contributed by atoms with Crippen molar-refractivity contribution in [3.05, 3.63) is 76.9 Å². The van der Waals surface area contributed by atoms with Gasteiger partial charge in [-0.3, -0.25) is 4.79 Å². The van der Waals surface area contributed by atoms with Crippen LogP contribution in [0.4, 0.5) is 4.39 Å². The Bertz CT molecular complexity index is 1340. The number of amides is 1. The van der Waals surface area contributed by atoms with Gasteiger partial charge in [-0.25, -0.2) is 9.18 Å². The summed E-state index contributed by atoms with van der Waals surface area (Å²) in [5.41, 5.74) is 0.795. The number of para-hydroxylation sites is 1. The van der Waals surface area contributed by atoms with Gasteiger partial charge in [0.25, 0.3) is 5.91 Å². The topological polar surface area (TPSA) is 62.4 Å². The number of aromatic nitrogens is 1. The Balaban J connectivity index is 2.00. The highest BCUT2D eigenvalue weighted by Gasteiger charge is 2.37. The zero-order valence-corrected chi connectivity index (χ0v) is 18.7. The summed E-state index contributed by atoms with van der Waals surface area (Å²) >= 11 is 0. The first-order chi connectivity index (χ1) is 15.9. The predicted octanol–water partition coefficient (Wildman–Crippen LogP) is 5.34. The van der Waals surface area contributed by atoms with E-state index < -0.39 is 35.7 Å². The maximum absolute atomic E-state index is 14.3. The Hall–Kier alpha value is -3.41. The number of esters is 1. The first-order valence-corrected chi connectivity index (χ1v) is 10.5. The highest BCUT2D eigenvalue weighted by atomic mass is 19.1. The number of ether oxygens (including phenoxy) is 1. The second kappa shape index (κ2) is 7.93. The number of halogens is 1. The highest BCUT2D eigenvalue weighted by molar-refractivity contribution is 6.18. The molecule has 0 radical (unpaired) electrons. The minimum Gasteiger partial charge on any atom is -0.459 e. The number of aryl methyl sites for hydroxylation is 1. The zero-order valence-electron chi connectivity index (χ0n) is 20.7. The molecule has 0 spiro atoms. The summed E-state index contributed by atoms with van der Waals surface area (Å²) in [4.78, 5) is 30.9. The summed E-state index contributed by atoms with van der Waals surface area (Å²) in [6.07, 6.45) is 0.762. The zero-order chi connectivity index (χ0) is 25.0. The number of aromatic amines is 1. The molecule has 0 aliphatic carbocycles. The van der Waals surface area contributed by atoms with Crippen molar-refractivity contribution in [2.24, 2.45) is 0 Å². The summed E-state index contributed by atoms with van der Waals surface area (Å²) in [7, 11) is 0. The van der Waals surface area contributed by atoms with Gasteiger partial charge in [0.05, 0.1) is 20.1 Å². The largest absolute Gasteiger partial charge is 0.459 e. The van der Waals surface area contributed by atoms with E-state index in [0.717, 1.165) is 21.9 Å². The van der Waals surface area contributed by atoms with E-state index in [2.05, 4.69) is 4.98 Å². The van der Waals surface area contributed by atoms with E-state index in [-0.39, 0.29) is 11.1 Å². The Labute approximate surface area is 189 Å². The molecule has 32 heavy (non-hydrogen) atoms. The number of hydrogen-bond acceptors (Lipinski definition) is 3. The molecule has 1 N–H and O–H groups in total. The van der Waals surface area contributed by atoms with Gasteiger partial charge in [-0.2, -0.15) is 0 Å². The maximum Gasteiger partial charge on any atom is 0.342 e. The normalized spacial score (nSPS) is 17.8. The summed E-state index contributed by atoms with van der Waals surface area (Å²) in [5.74, 6) is -2.02. The molecule has 1 aromatic heterocycles. The van der Waals surface area contributed by atoms with E-state index in [4.69, 9.17) is 7.48 Å². The lowest BCUT2D eigenvalue weighted by atomic mass is 9.81. The Morgan fingerprint density at radius 2 is 1.94 bits per heavy atom. The lowest BCUT2D eigenvalue weighted by Gasteiger charge is -2.29. The molecule has 0 unspecified atom stereocenters. The van der Waals surface area contributed by atoms with Crippen molar-refractivity contribution < 1.29 is 21.5 Å². The highest BCUT2D eigenvalue weighted by Crippen LogP contribution is 2.40. The van der Waals surface area contributed by atoms with Crippen LogP contribution in [0.2, 0.25) is 0 Å². The lowest BCUT2D eigenvalue weighted by Crippen LogP contribution is -2.37. The molecule has 4 rings (SSSR count). The number of benzene rings is 2. The van der Waals surface area contributed by atoms with Crippen LogP contribution in [0.15, 0.2) is 48.7 Å². The molecule has 2 heterocycles. The molecule has 0 saturated heterocycles. The van der Waals surface area contributed by atoms with Gasteiger partial charge in [0.2, 0.25) is 0 Å². The van der Waals surface area contributed by atoms with Gasteiger partial charge in [-0.05, 0) is 50.1 Å². The minimum atomic E-state index is -2.29. The average Bonchev–Trinajstić information content (AvgIpc) is 3.12. The number of fused-ring (bicyclic) bond motifs is 3. The molecule has 3 aromatic rings. The van der Waals surface area contributed by atoms with Gasteiger partial charge in [0, 0.05) is 34.6 Å². The van der Waals surface area contributed by atoms with Gasteiger partial charge in [0.15, 0.2) is 0 Å². The second-order valence-corrected chi connectivity index (χ2v) is 8.79. The number of hydrogen-bond donors (Lipinski definition) is 1. The minimum absolute atomic E-state index is 0.0222. The fourth-order valence-electron chi connectivity index (χ4n) is 3.98. The molecule has 2 aromatic carbocycles. The quantitative estimate of drug-likeness (QED) is 0.564. The molecule has 5 nitrogen and oxygen atoms in total. The van der Waals surface area contributed by atoms with Crippen molar-refractivity contribution in [1.29, 1.82) is 0 Å². The van der Waals surface area contributed by atoms with Crippen LogP contribution in [0.3, 0.4) is 0 Å². The van der Waals surface area contributed by atoms with Crippen LogP contribution in [0.25, 0.3) is 16.5 Å². The molecular formula is C26H27FN2O3. The van der Waals surface area contributed by atoms with Gasteiger partial charge in [-0.15, -0.1) is 0 Å². The molecule has 1 amide bonds. The van der Waals surface area contributed by atoms with Crippen LogP contribution in [-0.4, -0.2) is 34.4 Å². The van der Waals surface area contributed by atoms with E-state index in [1.54, 1.807) is 34.6 Å². The number of rotatable bonds is 3. The Kier molecular flexibility index (Phi) is 4.78. The fraction of sp³-hybridized carbons (Fsp3) is 0.308. The third kappa shape index (κ3) is 3.81. The molecule has 0 fully saturated rings. The van der Waals surface area contributed by atoms with E-state index in [0.29, 0.717) is 16.8 Å². The second-order valence-electron chi connectivity index (χ2n) is 8.79. The molecule has 1 aliphatic rings. The van der Waals surface area contributed by atoms with Gasteiger partial charge < -0.3 is 14.6 Å². The number of H-pyrrole nitrogens is 1. The standard InChI is InChI=1S/C26H27FN2O3/c1-15(2)32-25(31)19-13-29(24(30)17-11-10-16(3)20(27)12-17)14-26(4,5)22-18-8-6-7-9-21(18)28-23(19)22/h6-13,15,28H,14H2,1-5H3/i14D2. The third-order valence-electron chi connectivity index (χ3n) is 5.46. The van der Waals surface area contributed by atoms with Crippen molar-refractivity contribution in [2.45, 2.75) is 46.1 Å². The van der Waals surface area contributed by atoms with Crippen molar-refractivity contribution in [2.75, 3.05) is 6.50 Å². The number of nitrogens with zero attached hydrogens (tertiary/aromatic N) is 1. The van der Waals surface area contributed by atoms with Crippen molar-refractivity contribution in [3.8, 4) is 0 Å². The van der Waals surface area contributed by atoms with Crippen molar-refractivity contribution >= 4 is 28.4 Å². The maximum atomic E-state index is 14.3. The molecule has 0 saturated carbocycles. The number of carbonyl (C=O) groups is 2. The summed E-state index contributed by atoms with van der Waals surface area (Å²) in [6, 6.07) is 11.4. The molecule has 6 heteroatoms. The third-order valence-corrected chi connectivity index (χ3v) is 5.46. The molecule has 0 bridgehead atoms. The molecular weight excluding hydrogens is 407 g/mol. The van der Waals surface area contributed by atoms with Crippen LogP contribution in [0.1, 0.15) is 57.6 Å². The van der Waals surface area contributed by atoms with Gasteiger partial charge in [-0.1, -0.05) is 38.1 Å². The predicted molar refractivity (Wildman–Crippen MR) is 123 cm³/mol. The number of carbonyl (C=O) groups excluding carboxylic acids is 2. The number of nitrogens with one attached hydrogen (secondary N) is 1. The SMILES string of the molecule is [2H]C1([2H])N(C(=O)c2ccc(C)c(F)c2)C=C(C(=O)OC(C)C)c2[nH]c3ccccc3c2C1(C)C. The van der Waals surface area contributed by atoms with E-state index >= 15 is 0 Å². The monoisotopic (exact) mass is 436 g/mol. The fourth-order valence-corrected chi connectivity index (χ4v) is 3.98. The van der Waals surface area contributed by atoms with Crippen molar-refractivity contribution in [1.82, 2.24) is 9.88 Å². The van der Waals surface area contributed by atoms with Gasteiger partial charge in [0.1, 0.15) is 5.82 Å². The molecule has 1 aliphatic heterocycles. The summed E-state index contributed by atoms with van der Waals surface area (Å²) < 4.78 is 37.9. The lowest BCUT2D eigenvalue weighted by molar-refractivity contribution is -0.140. The van der Waals surface area contributed by atoms with Crippen LogP contribution in [-0.2, 0) is 14.9 Å². The van der Waals surface area contributed by atoms with Crippen LogP contribution in [0, 0.1) is 12.7 Å². The molecule has 0 atom stereocenters. The van der Waals surface area contributed by atoms with Gasteiger partial charge >= 0.3 is 5.97 Å². The molecule has 166 valence electrons. The van der Waals surface area contributed by atoms with Crippen molar-refractivity contribution in [3.63, 3.8) is 0 Å². The summed E-state index contributed by atoms with van der Waals surface area (Å²) in [5, 5.41) is 0.741. The Morgan fingerprint density at radius 1 is 1.22 bits per heavy atom. The van der Waals surface area contributed by atoms with E-state index in [1.165, 1.54) is 18.3 Å². The van der Waals surface area contributed by atoms with Crippen LogP contribution < -0.4 is 0 Å².